The van der Waals surface area contributed by atoms with E-state index in [0.29, 0.717) is 6.61 Å². The van der Waals surface area contributed by atoms with Gasteiger partial charge in [0, 0.05) is 13.7 Å². The quantitative estimate of drug-likeness (QED) is 0.490. The molecule has 0 bridgehead atoms. The van der Waals surface area contributed by atoms with Gasteiger partial charge in [-0.05, 0) is 6.92 Å². The molecule has 0 unspecified atom stereocenters. The molecule has 0 fully saturated rings. The lowest BCUT2D eigenvalue weighted by Crippen LogP contribution is -2.42. The predicted octanol–water partition coefficient (Wildman–Crippen LogP) is 0.421. The van der Waals surface area contributed by atoms with Crippen molar-refractivity contribution in [2.75, 3.05) is 33.4 Å². The summed E-state index contributed by atoms with van der Waals surface area (Å²) in [5.74, 6) is -4.96. The zero-order valence-electron chi connectivity index (χ0n) is 8.31. The summed E-state index contributed by atoms with van der Waals surface area (Å²) in [6, 6.07) is 0. The summed E-state index contributed by atoms with van der Waals surface area (Å²) in [6.45, 7) is 1.29. The molecule has 0 aromatic rings. The Morgan fingerprint density at radius 2 is 2.14 bits per heavy atom. The van der Waals surface area contributed by atoms with E-state index >= 15 is 0 Å². The zero-order chi connectivity index (χ0) is 11.0. The number of carbonyl (C=O) groups is 1. The van der Waals surface area contributed by atoms with Gasteiger partial charge in [-0.1, -0.05) is 0 Å². The summed E-state index contributed by atoms with van der Waals surface area (Å²) in [5.41, 5.74) is 0. The zero-order valence-corrected chi connectivity index (χ0v) is 8.31. The van der Waals surface area contributed by atoms with Crippen LogP contribution in [-0.4, -0.2) is 45.3 Å². The van der Waals surface area contributed by atoms with E-state index < -0.39 is 18.4 Å². The van der Waals surface area contributed by atoms with E-state index in [0.717, 1.165) is 0 Å². The largest absolute Gasteiger partial charge is 0.462 e. The Bertz CT molecular complexity index is 176. The third-order valence-electron chi connectivity index (χ3n) is 1.40. The highest BCUT2D eigenvalue weighted by Crippen LogP contribution is 2.13. The second-order valence-corrected chi connectivity index (χ2v) is 2.59. The number of carbonyl (C=O) groups excluding carboxylic acids is 1. The number of alkyl halides is 2. The molecule has 0 heterocycles. The molecular formula is C8H15F2NO3. The van der Waals surface area contributed by atoms with Gasteiger partial charge in [-0.25, -0.2) is 4.79 Å². The van der Waals surface area contributed by atoms with Gasteiger partial charge in [0.15, 0.2) is 0 Å². The van der Waals surface area contributed by atoms with Gasteiger partial charge in [-0.15, -0.1) is 0 Å². The Kier molecular flexibility index (Phi) is 6.31. The average molecular weight is 211 g/mol. The van der Waals surface area contributed by atoms with Crippen LogP contribution in [-0.2, 0) is 14.3 Å². The molecule has 0 aliphatic rings. The molecule has 0 radical (unpaired) electrons. The van der Waals surface area contributed by atoms with Crippen LogP contribution in [0.25, 0.3) is 0 Å². The van der Waals surface area contributed by atoms with Crippen molar-refractivity contribution in [2.45, 2.75) is 12.8 Å². The number of hydrogen-bond donors (Lipinski definition) is 1. The normalized spacial score (nSPS) is 11.4. The number of halogens is 2. The lowest BCUT2D eigenvalue weighted by Gasteiger charge is -2.14. The minimum atomic E-state index is -3.47. The molecule has 14 heavy (non-hydrogen) atoms. The molecule has 0 aromatic heterocycles. The second kappa shape index (κ2) is 6.67. The van der Waals surface area contributed by atoms with Crippen LogP contribution in [0, 0.1) is 0 Å². The number of nitrogens with one attached hydrogen (secondary N) is 1. The Labute approximate surface area is 81.6 Å². The fraction of sp³-hybridized carbons (Fsp3) is 0.875. The maximum atomic E-state index is 12.9. The summed E-state index contributed by atoms with van der Waals surface area (Å²) in [4.78, 5) is 10.7. The molecular weight excluding hydrogens is 196 g/mol. The van der Waals surface area contributed by atoms with E-state index in [1.165, 1.54) is 14.0 Å². The number of ether oxygens (including phenoxy) is 2. The van der Waals surface area contributed by atoms with Crippen LogP contribution in [0.4, 0.5) is 8.78 Å². The highest BCUT2D eigenvalue weighted by Gasteiger charge is 2.39. The van der Waals surface area contributed by atoms with E-state index in [1.807, 2.05) is 0 Å². The Morgan fingerprint density at radius 1 is 1.50 bits per heavy atom. The standard InChI is InChI=1S/C8H15F2NO3/c1-3-14-7(12)8(9,10)6-11-4-5-13-2/h11H,3-6H2,1-2H3. The monoisotopic (exact) mass is 211 g/mol. The molecule has 0 rings (SSSR count). The van der Waals surface area contributed by atoms with Crippen molar-refractivity contribution >= 4 is 5.97 Å². The summed E-state index contributed by atoms with van der Waals surface area (Å²) in [5, 5.41) is 2.39. The lowest BCUT2D eigenvalue weighted by molar-refractivity contribution is -0.170. The van der Waals surface area contributed by atoms with Crippen molar-refractivity contribution < 1.29 is 23.0 Å². The lowest BCUT2D eigenvalue weighted by atomic mass is 10.3. The van der Waals surface area contributed by atoms with Crippen LogP contribution in [0.15, 0.2) is 0 Å². The Balaban J connectivity index is 3.76. The van der Waals surface area contributed by atoms with Crippen molar-refractivity contribution in [3.63, 3.8) is 0 Å². The van der Waals surface area contributed by atoms with Crippen LogP contribution in [0.3, 0.4) is 0 Å². The summed E-state index contributed by atoms with van der Waals surface area (Å²) < 4.78 is 34.6. The van der Waals surface area contributed by atoms with E-state index in [9.17, 15) is 13.6 Å². The van der Waals surface area contributed by atoms with Crippen LogP contribution in [0.2, 0.25) is 0 Å². The van der Waals surface area contributed by atoms with Crippen LogP contribution in [0.1, 0.15) is 6.92 Å². The third kappa shape index (κ3) is 5.08. The first-order valence-corrected chi connectivity index (χ1v) is 4.29. The smallest absolute Gasteiger partial charge is 0.378 e. The SMILES string of the molecule is CCOC(=O)C(F)(F)CNCCOC. The third-order valence-corrected chi connectivity index (χ3v) is 1.40. The van der Waals surface area contributed by atoms with Crippen molar-refractivity contribution in [1.82, 2.24) is 5.32 Å². The van der Waals surface area contributed by atoms with Crippen LogP contribution >= 0.6 is 0 Å². The summed E-state index contributed by atoms with van der Waals surface area (Å²) >= 11 is 0. The van der Waals surface area contributed by atoms with E-state index in [4.69, 9.17) is 0 Å². The first-order valence-electron chi connectivity index (χ1n) is 4.29. The molecule has 0 spiro atoms. The fourth-order valence-electron chi connectivity index (χ4n) is 0.728. The van der Waals surface area contributed by atoms with Crippen molar-refractivity contribution in [3.05, 3.63) is 0 Å². The predicted molar refractivity (Wildman–Crippen MR) is 46.3 cm³/mol. The second-order valence-electron chi connectivity index (χ2n) is 2.59. The first-order chi connectivity index (χ1) is 6.54. The molecule has 0 atom stereocenters. The van der Waals surface area contributed by atoms with Gasteiger partial charge in [0.25, 0.3) is 0 Å². The maximum Gasteiger partial charge on any atom is 0.378 e. The molecule has 0 saturated carbocycles. The minimum Gasteiger partial charge on any atom is -0.462 e. The molecule has 84 valence electrons. The number of hydrogen-bond acceptors (Lipinski definition) is 4. The highest BCUT2D eigenvalue weighted by atomic mass is 19.3. The summed E-state index contributed by atoms with van der Waals surface area (Å²) in [7, 11) is 1.46. The molecule has 4 nitrogen and oxygen atoms in total. The number of esters is 1. The molecule has 0 amide bonds. The maximum absolute atomic E-state index is 12.9. The minimum absolute atomic E-state index is 0.0491. The van der Waals surface area contributed by atoms with Crippen LogP contribution in [0.5, 0.6) is 0 Å². The fourth-order valence-corrected chi connectivity index (χ4v) is 0.728. The van der Waals surface area contributed by atoms with Crippen molar-refractivity contribution in [3.8, 4) is 0 Å². The Hall–Kier alpha value is -0.750. The number of methoxy groups -OCH3 is 1. The molecule has 0 saturated heterocycles. The van der Waals surface area contributed by atoms with Crippen LogP contribution < -0.4 is 5.32 Å². The molecule has 0 aromatic carbocycles. The molecule has 0 aliphatic heterocycles. The van der Waals surface area contributed by atoms with Gasteiger partial charge in [0.05, 0.1) is 19.8 Å². The Morgan fingerprint density at radius 3 is 2.64 bits per heavy atom. The van der Waals surface area contributed by atoms with Gasteiger partial charge in [-0.3, -0.25) is 0 Å². The van der Waals surface area contributed by atoms with Gasteiger partial charge < -0.3 is 14.8 Å². The van der Waals surface area contributed by atoms with Gasteiger partial charge in [-0.2, -0.15) is 8.78 Å². The van der Waals surface area contributed by atoms with Crippen molar-refractivity contribution in [1.29, 1.82) is 0 Å². The topological polar surface area (TPSA) is 47.6 Å². The van der Waals surface area contributed by atoms with E-state index in [2.05, 4.69) is 14.8 Å². The molecule has 6 heteroatoms. The average Bonchev–Trinajstić information content (AvgIpc) is 2.13. The highest BCUT2D eigenvalue weighted by molar-refractivity contribution is 5.77. The molecule has 0 aliphatic carbocycles. The van der Waals surface area contributed by atoms with Gasteiger partial charge >= 0.3 is 11.9 Å². The van der Waals surface area contributed by atoms with Crippen molar-refractivity contribution in [2.24, 2.45) is 0 Å². The van der Waals surface area contributed by atoms with E-state index in [-0.39, 0.29) is 13.2 Å². The summed E-state index contributed by atoms with van der Waals surface area (Å²) in [6.07, 6.45) is 0. The van der Waals surface area contributed by atoms with Gasteiger partial charge in [0.2, 0.25) is 0 Å². The van der Waals surface area contributed by atoms with E-state index in [1.54, 1.807) is 0 Å². The first kappa shape index (κ1) is 13.2. The van der Waals surface area contributed by atoms with Gasteiger partial charge in [0.1, 0.15) is 0 Å². The molecule has 1 N–H and O–H groups in total. The number of rotatable bonds is 7.